The van der Waals surface area contributed by atoms with Gasteiger partial charge in [-0.1, -0.05) is 0 Å². The van der Waals surface area contributed by atoms with E-state index in [1.54, 1.807) is 13.8 Å². The van der Waals surface area contributed by atoms with Crippen LogP contribution in [0.5, 0.6) is 0 Å². The maximum Gasteiger partial charge on any atom is 0.333 e. The molecule has 0 atom stereocenters. The molecule has 0 aliphatic carbocycles. The molecule has 0 amide bonds. The van der Waals surface area contributed by atoms with Crippen molar-refractivity contribution in [3.63, 3.8) is 0 Å². The first kappa shape index (κ1) is 12.2. The van der Waals surface area contributed by atoms with Crippen LogP contribution in [0.3, 0.4) is 0 Å². The van der Waals surface area contributed by atoms with Crippen LogP contribution in [0.1, 0.15) is 26.7 Å². The lowest BCUT2D eigenvalue weighted by Crippen LogP contribution is -2.21. The molecule has 0 aromatic rings. The Labute approximate surface area is 90.2 Å². The molecule has 86 valence electrons. The molecule has 1 aliphatic heterocycles. The third-order valence-electron chi connectivity index (χ3n) is 2.44. The number of carbonyl (C=O) groups excluding carboxylic acids is 1. The summed E-state index contributed by atoms with van der Waals surface area (Å²) in [4.78, 5) is 11.4. The van der Waals surface area contributed by atoms with Crippen LogP contribution in [0.2, 0.25) is 0 Å². The van der Waals surface area contributed by atoms with Gasteiger partial charge in [0.25, 0.3) is 0 Å². The van der Waals surface area contributed by atoms with E-state index in [2.05, 4.69) is 0 Å². The lowest BCUT2D eigenvalue weighted by atomic mass is 10.1. The molecule has 0 aromatic heterocycles. The Morgan fingerprint density at radius 2 is 2.13 bits per heavy atom. The summed E-state index contributed by atoms with van der Waals surface area (Å²) in [7, 11) is -2.99. The zero-order valence-electron chi connectivity index (χ0n) is 9.08. The first-order valence-electron chi connectivity index (χ1n) is 5.02. The fraction of sp³-hybridized carbons (Fsp3) is 0.700. The van der Waals surface area contributed by atoms with E-state index in [0.717, 1.165) is 0 Å². The second-order valence-corrected chi connectivity index (χ2v) is 5.83. The predicted molar refractivity (Wildman–Crippen MR) is 57.2 cm³/mol. The van der Waals surface area contributed by atoms with Gasteiger partial charge in [0.15, 0.2) is 9.84 Å². The summed E-state index contributed by atoms with van der Waals surface area (Å²) in [6, 6.07) is 0. The predicted octanol–water partition coefficient (Wildman–Crippen LogP) is 1.07. The van der Waals surface area contributed by atoms with Gasteiger partial charge in [-0.15, -0.1) is 0 Å². The topological polar surface area (TPSA) is 60.4 Å². The summed E-state index contributed by atoms with van der Waals surface area (Å²) in [5, 5.41) is 0. The molecule has 0 N–H and O–H groups in total. The summed E-state index contributed by atoms with van der Waals surface area (Å²) < 4.78 is 27.6. The van der Waals surface area contributed by atoms with Crippen LogP contribution >= 0.6 is 0 Å². The van der Waals surface area contributed by atoms with E-state index >= 15 is 0 Å². The molecule has 0 saturated carbocycles. The van der Waals surface area contributed by atoms with Gasteiger partial charge in [0, 0.05) is 5.57 Å². The van der Waals surface area contributed by atoms with E-state index in [1.165, 1.54) is 0 Å². The average molecular weight is 232 g/mol. The third kappa shape index (κ3) is 3.34. The van der Waals surface area contributed by atoms with Gasteiger partial charge in [-0.25, -0.2) is 13.2 Å². The van der Waals surface area contributed by atoms with Crippen molar-refractivity contribution in [2.24, 2.45) is 0 Å². The van der Waals surface area contributed by atoms with E-state index in [9.17, 15) is 13.2 Å². The number of esters is 1. The number of sulfone groups is 1. The van der Waals surface area contributed by atoms with Crippen LogP contribution in [-0.2, 0) is 19.4 Å². The van der Waals surface area contributed by atoms with Crippen molar-refractivity contribution in [2.45, 2.75) is 26.7 Å². The van der Waals surface area contributed by atoms with Crippen molar-refractivity contribution >= 4 is 15.8 Å². The molecule has 1 saturated heterocycles. The fourth-order valence-corrected chi connectivity index (χ4v) is 3.21. The zero-order chi connectivity index (χ0) is 11.5. The second kappa shape index (κ2) is 4.79. The summed E-state index contributed by atoms with van der Waals surface area (Å²) in [5.41, 5.74) is 1.17. The Morgan fingerprint density at radius 3 is 2.67 bits per heavy atom. The van der Waals surface area contributed by atoms with Gasteiger partial charge >= 0.3 is 5.97 Å². The van der Waals surface area contributed by atoms with Crippen LogP contribution in [-0.4, -0.2) is 32.5 Å². The smallest absolute Gasteiger partial charge is 0.333 e. The number of ether oxygens (including phenoxy) is 1. The largest absolute Gasteiger partial charge is 0.463 e. The Kier molecular flexibility index (Phi) is 3.90. The molecule has 0 unspecified atom stereocenters. The van der Waals surface area contributed by atoms with Crippen molar-refractivity contribution in [2.75, 3.05) is 18.1 Å². The molecule has 0 spiro atoms. The van der Waals surface area contributed by atoms with Gasteiger partial charge in [-0.05, 0) is 32.3 Å². The molecule has 0 bridgehead atoms. The SMILES string of the molecule is CCOC(=O)C(C)=C1CCCS(=O)(=O)C1. The van der Waals surface area contributed by atoms with Gasteiger partial charge in [-0.2, -0.15) is 0 Å². The van der Waals surface area contributed by atoms with E-state index in [1.807, 2.05) is 0 Å². The molecule has 5 heteroatoms. The standard InChI is InChI=1S/C10H16O4S/c1-3-14-10(11)8(2)9-5-4-6-15(12,13)7-9/h3-7H2,1-2H3. The molecule has 0 radical (unpaired) electrons. The summed E-state index contributed by atoms with van der Waals surface area (Å²) >= 11 is 0. The highest BCUT2D eigenvalue weighted by atomic mass is 32.2. The maximum atomic E-state index is 11.4. The fourth-order valence-electron chi connectivity index (χ4n) is 1.59. The van der Waals surface area contributed by atoms with E-state index in [0.29, 0.717) is 30.6 Å². The Morgan fingerprint density at radius 1 is 1.47 bits per heavy atom. The summed E-state index contributed by atoms with van der Waals surface area (Å²) in [5.74, 6) is -0.158. The third-order valence-corrected chi connectivity index (χ3v) is 4.14. The number of hydrogen-bond acceptors (Lipinski definition) is 4. The summed E-state index contributed by atoms with van der Waals surface area (Å²) in [6.45, 7) is 3.68. The minimum absolute atomic E-state index is 0.0116. The Bertz CT molecular complexity index is 378. The number of hydrogen-bond donors (Lipinski definition) is 0. The minimum Gasteiger partial charge on any atom is -0.463 e. The minimum atomic E-state index is -2.99. The van der Waals surface area contributed by atoms with E-state index in [4.69, 9.17) is 4.74 Å². The van der Waals surface area contributed by atoms with Crippen molar-refractivity contribution < 1.29 is 17.9 Å². The molecule has 1 fully saturated rings. The van der Waals surface area contributed by atoms with Crippen LogP contribution in [0, 0.1) is 0 Å². The molecule has 1 rings (SSSR count). The Balaban J connectivity index is 2.85. The van der Waals surface area contributed by atoms with Gasteiger partial charge in [-0.3, -0.25) is 0 Å². The van der Waals surface area contributed by atoms with Crippen molar-refractivity contribution in [1.82, 2.24) is 0 Å². The molecular weight excluding hydrogens is 216 g/mol. The first-order chi connectivity index (χ1) is 6.96. The highest BCUT2D eigenvalue weighted by Crippen LogP contribution is 2.21. The highest BCUT2D eigenvalue weighted by Gasteiger charge is 2.23. The quantitative estimate of drug-likeness (QED) is 0.528. The van der Waals surface area contributed by atoms with Gasteiger partial charge in [0.2, 0.25) is 0 Å². The molecule has 1 heterocycles. The Hall–Kier alpha value is -0.840. The lowest BCUT2D eigenvalue weighted by Gasteiger charge is -2.16. The van der Waals surface area contributed by atoms with Crippen LogP contribution in [0.15, 0.2) is 11.1 Å². The first-order valence-corrected chi connectivity index (χ1v) is 6.84. The van der Waals surface area contributed by atoms with Gasteiger partial charge in [0.05, 0.1) is 18.1 Å². The van der Waals surface area contributed by atoms with Crippen molar-refractivity contribution in [3.05, 3.63) is 11.1 Å². The molecular formula is C10H16O4S. The average Bonchev–Trinajstić information content (AvgIpc) is 2.15. The van der Waals surface area contributed by atoms with Gasteiger partial charge in [0.1, 0.15) is 0 Å². The second-order valence-electron chi connectivity index (χ2n) is 3.64. The number of carbonyl (C=O) groups is 1. The molecule has 0 aromatic carbocycles. The van der Waals surface area contributed by atoms with E-state index < -0.39 is 15.8 Å². The summed E-state index contributed by atoms with van der Waals surface area (Å²) in [6.07, 6.45) is 1.29. The van der Waals surface area contributed by atoms with Crippen LogP contribution in [0.4, 0.5) is 0 Å². The van der Waals surface area contributed by atoms with Crippen LogP contribution in [0.25, 0.3) is 0 Å². The highest BCUT2D eigenvalue weighted by molar-refractivity contribution is 7.91. The molecule has 15 heavy (non-hydrogen) atoms. The van der Waals surface area contributed by atoms with Crippen LogP contribution < -0.4 is 0 Å². The number of rotatable bonds is 2. The monoisotopic (exact) mass is 232 g/mol. The zero-order valence-corrected chi connectivity index (χ0v) is 9.89. The molecule has 1 aliphatic rings. The normalized spacial score (nSPS) is 23.3. The van der Waals surface area contributed by atoms with Crippen molar-refractivity contribution in [1.29, 1.82) is 0 Å². The van der Waals surface area contributed by atoms with E-state index in [-0.39, 0.29) is 11.5 Å². The molecule has 4 nitrogen and oxygen atoms in total. The maximum absolute atomic E-state index is 11.4. The van der Waals surface area contributed by atoms with Gasteiger partial charge < -0.3 is 4.74 Å². The van der Waals surface area contributed by atoms with Crippen molar-refractivity contribution in [3.8, 4) is 0 Å². The lowest BCUT2D eigenvalue weighted by molar-refractivity contribution is -0.138.